The molecule has 0 aliphatic carbocycles. The molecule has 1 amide bonds. The summed E-state index contributed by atoms with van der Waals surface area (Å²) in [7, 11) is 0. The molecule has 0 bridgehead atoms. The summed E-state index contributed by atoms with van der Waals surface area (Å²) in [4.78, 5) is 12.0. The fourth-order valence-electron chi connectivity index (χ4n) is 2.40. The molecule has 0 radical (unpaired) electrons. The van der Waals surface area contributed by atoms with Crippen LogP contribution in [0.4, 0.5) is 5.69 Å². The second-order valence-corrected chi connectivity index (χ2v) is 5.66. The number of halogens is 1. The highest BCUT2D eigenvalue weighted by Gasteiger charge is 2.12. The van der Waals surface area contributed by atoms with Gasteiger partial charge in [-0.3, -0.25) is 4.79 Å². The van der Waals surface area contributed by atoms with Crippen LogP contribution in [0.3, 0.4) is 0 Å². The molecule has 0 saturated carbocycles. The van der Waals surface area contributed by atoms with Gasteiger partial charge >= 0.3 is 0 Å². The molecule has 0 heterocycles. The van der Waals surface area contributed by atoms with E-state index in [0.717, 1.165) is 36.9 Å². The highest BCUT2D eigenvalue weighted by atomic mass is 35.5. The summed E-state index contributed by atoms with van der Waals surface area (Å²) in [5.74, 6) is 0.572. The molecule has 1 unspecified atom stereocenters. The summed E-state index contributed by atoms with van der Waals surface area (Å²) in [6.07, 6.45) is 4.67. The Morgan fingerprint density at radius 2 is 2.10 bits per heavy atom. The van der Waals surface area contributed by atoms with Gasteiger partial charge in [0.05, 0.1) is 10.7 Å². The van der Waals surface area contributed by atoms with Crippen LogP contribution in [0.15, 0.2) is 18.2 Å². The monoisotopic (exact) mass is 296 g/mol. The van der Waals surface area contributed by atoms with Crippen LogP contribution in [0.5, 0.6) is 0 Å². The number of para-hydroxylation sites is 1. The lowest BCUT2D eigenvalue weighted by atomic mass is 9.94. The molecule has 0 saturated heterocycles. The number of aryl methyl sites for hydroxylation is 1. The van der Waals surface area contributed by atoms with Gasteiger partial charge in [-0.1, -0.05) is 43.5 Å². The van der Waals surface area contributed by atoms with E-state index in [1.165, 1.54) is 0 Å². The molecule has 4 heteroatoms. The zero-order valence-corrected chi connectivity index (χ0v) is 13.2. The molecule has 1 aromatic carbocycles. The summed E-state index contributed by atoms with van der Waals surface area (Å²) in [5, 5.41) is 3.50. The van der Waals surface area contributed by atoms with Crippen molar-refractivity contribution in [2.75, 3.05) is 11.9 Å². The fourth-order valence-corrected chi connectivity index (χ4v) is 2.67. The SMILES string of the molecule is CCCC(CCN)CCC(=O)Nc1c(C)cccc1Cl. The second kappa shape index (κ2) is 8.98. The maximum atomic E-state index is 12.0. The minimum absolute atomic E-state index is 0.0272. The third kappa shape index (κ3) is 5.51. The van der Waals surface area contributed by atoms with Crippen LogP contribution < -0.4 is 11.1 Å². The van der Waals surface area contributed by atoms with Crippen LogP contribution in [-0.4, -0.2) is 12.5 Å². The van der Waals surface area contributed by atoms with E-state index in [2.05, 4.69) is 12.2 Å². The van der Waals surface area contributed by atoms with E-state index >= 15 is 0 Å². The summed E-state index contributed by atoms with van der Waals surface area (Å²) >= 11 is 6.10. The normalized spacial score (nSPS) is 12.2. The largest absolute Gasteiger partial charge is 0.330 e. The van der Waals surface area contributed by atoms with E-state index < -0.39 is 0 Å². The number of benzene rings is 1. The highest BCUT2D eigenvalue weighted by molar-refractivity contribution is 6.33. The zero-order valence-electron chi connectivity index (χ0n) is 12.4. The summed E-state index contributed by atoms with van der Waals surface area (Å²) < 4.78 is 0. The van der Waals surface area contributed by atoms with Gasteiger partial charge in [-0.05, 0) is 43.9 Å². The number of hydrogen-bond acceptors (Lipinski definition) is 2. The predicted molar refractivity (Wildman–Crippen MR) is 86.1 cm³/mol. The van der Waals surface area contributed by atoms with Gasteiger partial charge in [-0.15, -0.1) is 0 Å². The number of rotatable bonds is 8. The number of anilines is 1. The van der Waals surface area contributed by atoms with Gasteiger partial charge in [0.15, 0.2) is 0 Å². The highest BCUT2D eigenvalue weighted by Crippen LogP contribution is 2.26. The van der Waals surface area contributed by atoms with Gasteiger partial charge in [0.2, 0.25) is 5.91 Å². The molecule has 0 aromatic heterocycles. The van der Waals surface area contributed by atoms with E-state index in [1.807, 2.05) is 19.1 Å². The molecule has 3 N–H and O–H groups in total. The van der Waals surface area contributed by atoms with Crippen molar-refractivity contribution in [1.29, 1.82) is 0 Å². The average Bonchev–Trinajstić information content (AvgIpc) is 2.41. The number of carbonyl (C=O) groups excluding carboxylic acids is 1. The molecule has 0 spiro atoms. The van der Waals surface area contributed by atoms with Crippen molar-refractivity contribution in [3.8, 4) is 0 Å². The van der Waals surface area contributed by atoms with Gasteiger partial charge in [0, 0.05) is 6.42 Å². The number of nitrogens with two attached hydrogens (primary N) is 1. The summed E-state index contributed by atoms with van der Waals surface area (Å²) in [6.45, 7) is 4.79. The Hall–Kier alpha value is -1.06. The third-order valence-electron chi connectivity index (χ3n) is 3.54. The Morgan fingerprint density at radius 3 is 2.70 bits per heavy atom. The lowest BCUT2D eigenvalue weighted by Crippen LogP contribution is -2.16. The van der Waals surface area contributed by atoms with Crippen LogP contribution in [-0.2, 0) is 4.79 Å². The lowest BCUT2D eigenvalue weighted by molar-refractivity contribution is -0.116. The number of nitrogens with one attached hydrogen (secondary N) is 1. The molecule has 0 fully saturated rings. The Kier molecular flexibility index (Phi) is 7.63. The smallest absolute Gasteiger partial charge is 0.224 e. The first-order chi connectivity index (χ1) is 9.58. The average molecular weight is 297 g/mol. The van der Waals surface area contributed by atoms with E-state index in [4.69, 9.17) is 17.3 Å². The zero-order chi connectivity index (χ0) is 15.0. The van der Waals surface area contributed by atoms with Gasteiger partial charge in [-0.2, -0.15) is 0 Å². The van der Waals surface area contributed by atoms with E-state index in [-0.39, 0.29) is 5.91 Å². The number of carbonyl (C=O) groups is 1. The number of hydrogen-bond donors (Lipinski definition) is 2. The van der Waals surface area contributed by atoms with Crippen LogP contribution in [0.1, 0.15) is 44.6 Å². The molecule has 112 valence electrons. The quantitative estimate of drug-likeness (QED) is 0.758. The van der Waals surface area contributed by atoms with Crippen molar-refractivity contribution in [2.24, 2.45) is 11.7 Å². The molecule has 20 heavy (non-hydrogen) atoms. The van der Waals surface area contributed by atoms with Crippen molar-refractivity contribution in [3.05, 3.63) is 28.8 Å². The Morgan fingerprint density at radius 1 is 1.35 bits per heavy atom. The Bertz CT molecular complexity index is 408. The van der Waals surface area contributed by atoms with Crippen LogP contribution in [0.2, 0.25) is 5.02 Å². The van der Waals surface area contributed by atoms with Gasteiger partial charge in [0.1, 0.15) is 0 Å². The van der Waals surface area contributed by atoms with Gasteiger partial charge in [0.25, 0.3) is 0 Å². The maximum Gasteiger partial charge on any atom is 0.224 e. The molecular weight excluding hydrogens is 272 g/mol. The summed E-state index contributed by atoms with van der Waals surface area (Å²) in [6, 6.07) is 5.61. The molecule has 3 nitrogen and oxygen atoms in total. The minimum Gasteiger partial charge on any atom is -0.330 e. The van der Waals surface area contributed by atoms with Gasteiger partial charge in [-0.25, -0.2) is 0 Å². The van der Waals surface area contributed by atoms with Crippen molar-refractivity contribution < 1.29 is 4.79 Å². The van der Waals surface area contributed by atoms with E-state index in [9.17, 15) is 4.79 Å². The fraction of sp³-hybridized carbons (Fsp3) is 0.562. The first kappa shape index (κ1) is 17.0. The molecular formula is C16H25ClN2O. The molecule has 1 aromatic rings. The third-order valence-corrected chi connectivity index (χ3v) is 3.85. The molecule has 0 aliphatic rings. The maximum absolute atomic E-state index is 12.0. The predicted octanol–water partition coefficient (Wildman–Crippen LogP) is 4.13. The Labute approximate surface area is 126 Å². The molecule has 1 atom stereocenters. The first-order valence-corrected chi connectivity index (χ1v) is 7.71. The van der Waals surface area contributed by atoms with Crippen LogP contribution in [0.25, 0.3) is 0 Å². The minimum atomic E-state index is 0.0272. The molecule has 0 aliphatic heterocycles. The first-order valence-electron chi connectivity index (χ1n) is 7.33. The topological polar surface area (TPSA) is 55.1 Å². The summed E-state index contributed by atoms with van der Waals surface area (Å²) in [5.41, 5.74) is 7.32. The van der Waals surface area contributed by atoms with Crippen molar-refractivity contribution >= 4 is 23.2 Å². The van der Waals surface area contributed by atoms with Crippen LogP contribution in [0, 0.1) is 12.8 Å². The lowest BCUT2D eigenvalue weighted by Gasteiger charge is -2.15. The van der Waals surface area contributed by atoms with E-state index in [1.54, 1.807) is 6.07 Å². The molecule has 1 rings (SSSR count). The second-order valence-electron chi connectivity index (χ2n) is 5.25. The van der Waals surface area contributed by atoms with E-state index in [0.29, 0.717) is 23.9 Å². The van der Waals surface area contributed by atoms with Crippen molar-refractivity contribution in [2.45, 2.75) is 46.0 Å². The van der Waals surface area contributed by atoms with Crippen LogP contribution >= 0.6 is 11.6 Å². The number of amides is 1. The van der Waals surface area contributed by atoms with Gasteiger partial charge < -0.3 is 11.1 Å². The Balaban J connectivity index is 2.51. The van der Waals surface area contributed by atoms with Crippen molar-refractivity contribution in [3.63, 3.8) is 0 Å². The standard InChI is InChI=1S/C16H25ClN2O/c1-3-5-13(10-11-18)8-9-15(20)19-16-12(2)6-4-7-14(16)17/h4,6-7,13H,3,5,8-11,18H2,1-2H3,(H,19,20). The van der Waals surface area contributed by atoms with Crippen molar-refractivity contribution in [1.82, 2.24) is 0 Å².